The van der Waals surface area contributed by atoms with E-state index in [2.05, 4.69) is 17.5 Å². The summed E-state index contributed by atoms with van der Waals surface area (Å²) in [5.74, 6) is -0.825. The molecule has 1 aliphatic heterocycles. The average molecular weight is 463 g/mol. The number of hydrogen-bond acceptors (Lipinski definition) is 6. The van der Waals surface area contributed by atoms with Crippen molar-refractivity contribution in [2.75, 3.05) is 7.11 Å². The highest BCUT2D eigenvalue weighted by atomic mass is 35.5. The van der Waals surface area contributed by atoms with Crippen molar-refractivity contribution >= 4 is 23.4 Å². The Balaban J connectivity index is 1.78. The predicted octanol–water partition coefficient (Wildman–Crippen LogP) is 5.01. The molecule has 33 heavy (non-hydrogen) atoms. The SMILES string of the molecule is COc1cc(C2C(C#N)=C(C)NC3=CC(c4ccc(Cl)cc4)CC(=O)C32)ccc1OC(C)=O. The molecule has 0 saturated heterocycles. The van der Waals surface area contributed by atoms with E-state index in [1.807, 2.05) is 31.2 Å². The van der Waals surface area contributed by atoms with Gasteiger partial charge in [-0.1, -0.05) is 35.9 Å². The molecule has 0 aromatic heterocycles. The molecule has 2 aliphatic rings. The number of Topliss-reactive ketones (excluding diaryl/α,β-unsaturated/α-hetero) is 1. The van der Waals surface area contributed by atoms with Crippen molar-refractivity contribution in [2.24, 2.45) is 5.92 Å². The maximum absolute atomic E-state index is 13.5. The van der Waals surface area contributed by atoms with Crippen LogP contribution in [0.5, 0.6) is 11.5 Å². The van der Waals surface area contributed by atoms with Gasteiger partial charge in [0.05, 0.1) is 24.7 Å². The lowest BCUT2D eigenvalue weighted by molar-refractivity contribution is -0.132. The third kappa shape index (κ3) is 4.37. The fraction of sp³-hybridized carbons (Fsp3) is 0.269. The number of methoxy groups -OCH3 is 1. The molecule has 0 radical (unpaired) electrons. The lowest BCUT2D eigenvalue weighted by Crippen LogP contribution is -2.39. The van der Waals surface area contributed by atoms with E-state index in [0.717, 1.165) is 16.8 Å². The van der Waals surface area contributed by atoms with Crippen molar-refractivity contribution in [2.45, 2.75) is 32.1 Å². The fourth-order valence-corrected chi connectivity index (χ4v) is 4.74. The Kier molecular flexibility index (Phi) is 6.26. The third-order valence-electron chi connectivity index (χ3n) is 6.08. The number of fused-ring (bicyclic) bond motifs is 1. The number of nitriles is 1. The number of hydrogen-bond donors (Lipinski definition) is 1. The zero-order valence-electron chi connectivity index (χ0n) is 18.5. The molecule has 7 heteroatoms. The normalized spacial score (nSPS) is 22.0. The Hall–Kier alpha value is -3.56. The zero-order chi connectivity index (χ0) is 23.7. The number of ketones is 1. The van der Waals surface area contributed by atoms with Crippen LogP contribution in [0.2, 0.25) is 5.02 Å². The van der Waals surface area contributed by atoms with Crippen molar-refractivity contribution in [1.29, 1.82) is 5.26 Å². The molecule has 0 fully saturated rings. The molecule has 3 atom stereocenters. The zero-order valence-corrected chi connectivity index (χ0v) is 19.3. The molecular formula is C26H23ClN2O4. The third-order valence-corrected chi connectivity index (χ3v) is 6.34. The summed E-state index contributed by atoms with van der Waals surface area (Å²) in [7, 11) is 1.48. The molecule has 0 amide bonds. The molecule has 168 valence electrons. The van der Waals surface area contributed by atoms with Gasteiger partial charge in [0.25, 0.3) is 0 Å². The summed E-state index contributed by atoms with van der Waals surface area (Å²) in [5, 5.41) is 13.9. The summed E-state index contributed by atoms with van der Waals surface area (Å²) in [6, 6.07) is 14.9. The number of nitrogens with zero attached hydrogens (tertiary/aromatic N) is 1. The molecule has 0 saturated carbocycles. The maximum Gasteiger partial charge on any atom is 0.308 e. The lowest BCUT2D eigenvalue weighted by atomic mass is 9.69. The summed E-state index contributed by atoms with van der Waals surface area (Å²) in [6.07, 6.45) is 2.40. The van der Waals surface area contributed by atoms with Crippen LogP contribution in [0.25, 0.3) is 0 Å². The highest BCUT2D eigenvalue weighted by Gasteiger charge is 2.43. The van der Waals surface area contributed by atoms with E-state index in [1.165, 1.54) is 14.0 Å². The van der Waals surface area contributed by atoms with Crippen LogP contribution < -0.4 is 14.8 Å². The molecule has 6 nitrogen and oxygen atoms in total. The summed E-state index contributed by atoms with van der Waals surface area (Å²) in [5.41, 5.74) is 3.75. The predicted molar refractivity (Wildman–Crippen MR) is 124 cm³/mol. The van der Waals surface area contributed by atoms with Gasteiger partial charge in [0, 0.05) is 41.6 Å². The van der Waals surface area contributed by atoms with Gasteiger partial charge < -0.3 is 14.8 Å². The summed E-state index contributed by atoms with van der Waals surface area (Å²) < 4.78 is 10.6. The molecule has 4 rings (SSSR count). The molecule has 3 unspecified atom stereocenters. The van der Waals surface area contributed by atoms with E-state index in [0.29, 0.717) is 28.5 Å². The smallest absolute Gasteiger partial charge is 0.308 e. The maximum atomic E-state index is 13.5. The van der Waals surface area contributed by atoms with Crippen molar-refractivity contribution in [1.82, 2.24) is 5.32 Å². The summed E-state index contributed by atoms with van der Waals surface area (Å²) >= 11 is 6.02. The highest BCUT2D eigenvalue weighted by Crippen LogP contribution is 2.47. The van der Waals surface area contributed by atoms with Gasteiger partial charge >= 0.3 is 5.97 Å². The number of rotatable bonds is 4. The van der Waals surface area contributed by atoms with Gasteiger partial charge in [0.1, 0.15) is 5.78 Å². The monoisotopic (exact) mass is 462 g/mol. The van der Waals surface area contributed by atoms with Crippen molar-refractivity contribution in [3.63, 3.8) is 0 Å². The Morgan fingerprint density at radius 2 is 1.82 bits per heavy atom. The number of esters is 1. The number of carbonyl (C=O) groups is 2. The van der Waals surface area contributed by atoms with E-state index in [4.69, 9.17) is 21.1 Å². The first kappa shape index (κ1) is 22.6. The largest absolute Gasteiger partial charge is 0.493 e. The van der Waals surface area contributed by atoms with Crippen LogP contribution in [0.1, 0.15) is 43.2 Å². The molecule has 1 N–H and O–H groups in total. The number of halogens is 1. The Morgan fingerprint density at radius 3 is 2.45 bits per heavy atom. The first-order chi connectivity index (χ1) is 15.8. The molecule has 1 aliphatic carbocycles. The van der Waals surface area contributed by atoms with E-state index in [-0.39, 0.29) is 17.5 Å². The summed E-state index contributed by atoms with van der Waals surface area (Å²) in [4.78, 5) is 24.9. The van der Waals surface area contributed by atoms with E-state index in [1.54, 1.807) is 18.2 Å². The Labute approximate surface area is 197 Å². The first-order valence-corrected chi connectivity index (χ1v) is 10.9. The summed E-state index contributed by atoms with van der Waals surface area (Å²) in [6.45, 7) is 3.15. The lowest BCUT2D eigenvalue weighted by Gasteiger charge is -2.38. The van der Waals surface area contributed by atoms with Crippen LogP contribution >= 0.6 is 11.6 Å². The van der Waals surface area contributed by atoms with Crippen molar-refractivity contribution in [3.8, 4) is 17.6 Å². The molecule has 2 aromatic rings. The molecule has 0 bridgehead atoms. The van der Waals surface area contributed by atoms with Gasteiger partial charge in [-0.25, -0.2) is 0 Å². The number of allylic oxidation sites excluding steroid dienone is 4. The minimum atomic E-state index is -0.517. The topological polar surface area (TPSA) is 88.4 Å². The fourth-order valence-electron chi connectivity index (χ4n) is 4.62. The number of carbonyl (C=O) groups excluding carboxylic acids is 2. The van der Waals surface area contributed by atoms with Crippen molar-refractivity contribution in [3.05, 3.63) is 81.7 Å². The average Bonchev–Trinajstić information content (AvgIpc) is 2.78. The van der Waals surface area contributed by atoms with Crippen LogP contribution in [0.3, 0.4) is 0 Å². The van der Waals surface area contributed by atoms with Gasteiger partial charge in [-0.15, -0.1) is 0 Å². The van der Waals surface area contributed by atoms with Gasteiger partial charge in [0.15, 0.2) is 11.5 Å². The quantitative estimate of drug-likeness (QED) is 0.507. The number of nitrogens with one attached hydrogen (secondary N) is 1. The second kappa shape index (κ2) is 9.13. The highest BCUT2D eigenvalue weighted by molar-refractivity contribution is 6.30. The van der Waals surface area contributed by atoms with Gasteiger partial charge in [-0.3, -0.25) is 9.59 Å². The van der Waals surface area contributed by atoms with Crippen LogP contribution in [-0.4, -0.2) is 18.9 Å². The van der Waals surface area contributed by atoms with Crippen LogP contribution in [0.15, 0.2) is 65.5 Å². The number of ether oxygens (including phenoxy) is 2. The van der Waals surface area contributed by atoms with Crippen LogP contribution in [-0.2, 0) is 9.59 Å². The van der Waals surface area contributed by atoms with Gasteiger partial charge in [0.2, 0.25) is 0 Å². The van der Waals surface area contributed by atoms with Gasteiger partial charge in [-0.05, 0) is 42.3 Å². The second-order valence-corrected chi connectivity index (χ2v) is 8.62. The van der Waals surface area contributed by atoms with E-state index in [9.17, 15) is 14.9 Å². The first-order valence-electron chi connectivity index (χ1n) is 10.6. The van der Waals surface area contributed by atoms with Gasteiger partial charge in [-0.2, -0.15) is 5.26 Å². The van der Waals surface area contributed by atoms with E-state index < -0.39 is 17.8 Å². The molecule has 1 heterocycles. The number of benzene rings is 2. The minimum absolute atomic E-state index is 0.0493. The molecule has 0 spiro atoms. The Morgan fingerprint density at radius 1 is 1.12 bits per heavy atom. The van der Waals surface area contributed by atoms with E-state index >= 15 is 0 Å². The molecular weight excluding hydrogens is 440 g/mol. The van der Waals surface area contributed by atoms with Crippen LogP contribution in [0, 0.1) is 17.2 Å². The minimum Gasteiger partial charge on any atom is -0.493 e. The standard InChI is InChI=1S/C26H23ClN2O4/c1-14-20(13-28)25(17-6-9-23(33-15(2)30)24(12-17)32-3)26-21(29-14)10-18(11-22(26)31)16-4-7-19(27)8-5-16/h4-10,12,18,25-26,29H,11H2,1-3H3. The Bertz CT molecular complexity index is 1220. The molecule has 2 aromatic carbocycles. The second-order valence-electron chi connectivity index (χ2n) is 8.19. The van der Waals surface area contributed by atoms with Crippen LogP contribution in [0.4, 0.5) is 0 Å². The van der Waals surface area contributed by atoms with Crippen molar-refractivity contribution < 1.29 is 19.1 Å².